The van der Waals surface area contributed by atoms with Gasteiger partial charge in [0.15, 0.2) is 6.61 Å². The van der Waals surface area contributed by atoms with E-state index in [-0.39, 0.29) is 12.4 Å². The first-order valence-electron chi connectivity index (χ1n) is 9.07. The maximum absolute atomic E-state index is 12.6. The number of thiazole rings is 1. The van der Waals surface area contributed by atoms with Crippen LogP contribution >= 0.6 is 11.3 Å². The fourth-order valence-electron chi connectivity index (χ4n) is 3.09. The van der Waals surface area contributed by atoms with Gasteiger partial charge in [-0.2, -0.15) is 0 Å². The van der Waals surface area contributed by atoms with Crippen molar-refractivity contribution in [1.29, 1.82) is 0 Å². The molecule has 2 heterocycles. The van der Waals surface area contributed by atoms with E-state index in [0.717, 1.165) is 34.6 Å². The van der Waals surface area contributed by atoms with E-state index in [1.165, 1.54) is 11.3 Å². The lowest BCUT2D eigenvalue weighted by atomic mass is 10.1. The lowest BCUT2D eigenvalue weighted by Gasteiger charge is -2.11. The van der Waals surface area contributed by atoms with E-state index < -0.39 is 5.97 Å². The molecule has 0 bridgehead atoms. The highest BCUT2D eigenvalue weighted by atomic mass is 32.1. The van der Waals surface area contributed by atoms with Gasteiger partial charge in [0, 0.05) is 23.5 Å². The van der Waals surface area contributed by atoms with E-state index in [9.17, 15) is 9.59 Å². The average molecular weight is 385 g/mol. The van der Waals surface area contributed by atoms with E-state index in [0.29, 0.717) is 17.0 Å². The highest BCUT2D eigenvalue weighted by Crippen LogP contribution is 2.20. The van der Waals surface area contributed by atoms with Crippen LogP contribution in [0.1, 0.15) is 52.4 Å². The van der Waals surface area contributed by atoms with Crippen LogP contribution in [0.4, 0.5) is 0 Å². The summed E-state index contributed by atoms with van der Waals surface area (Å²) < 4.78 is 8.34. The SMILES string of the molecule is Cc1cc(C(=O)COC(=O)c2ccc3ncsc3c2)c(C)n1CCC(C)C. The van der Waals surface area contributed by atoms with Crippen molar-refractivity contribution >= 4 is 33.3 Å². The monoisotopic (exact) mass is 384 g/mol. The Morgan fingerprint density at radius 2 is 2.00 bits per heavy atom. The molecule has 0 radical (unpaired) electrons. The van der Waals surface area contributed by atoms with Crippen LogP contribution in [0.15, 0.2) is 29.8 Å². The number of esters is 1. The first-order chi connectivity index (χ1) is 12.9. The number of rotatable bonds is 7. The van der Waals surface area contributed by atoms with Gasteiger partial charge in [-0.15, -0.1) is 11.3 Å². The number of fused-ring (bicyclic) bond motifs is 1. The molecule has 0 amide bonds. The summed E-state index contributed by atoms with van der Waals surface area (Å²) in [6.07, 6.45) is 1.05. The maximum Gasteiger partial charge on any atom is 0.338 e. The van der Waals surface area contributed by atoms with Gasteiger partial charge in [-0.1, -0.05) is 13.8 Å². The first-order valence-corrected chi connectivity index (χ1v) is 9.95. The fourth-order valence-corrected chi connectivity index (χ4v) is 3.81. The van der Waals surface area contributed by atoms with Gasteiger partial charge in [0.2, 0.25) is 5.78 Å². The smallest absolute Gasteiger partial charge is 0.338 e. The van der Waals surface area contributed by atoms with Gasteiger partial charge in [0.05, 0.1) is 21.3 Å². The number of nitrogens with zero attached hydrogens (tertiary/aromatic N) is 2. The third-order valence-electron chi connectivity index (χ3n) is 4.71. The molecular formula is C21H24N2O3S. The summed E-state index contributed by atoms with van der Waals surface area (Å²) in [4.78, 5) is 29.1. The molecule has 27 heavy (non-hydrogen) atoms. The van der Waals surface area contributed by atoms with Gasteiger partial charge in [-0.3, -0.25) is 4.79 Å². The van der Waals surface area contributed by atoms with Crippen LogP contribution in [0.2, 0.25) is 0 Å². The number of benzene rings is 1. The minimum atomic E-state index is -0.493. The molecule has 6 heteroatoms. The number of ketones is 1. The Bertz CT molecular complexity index is 985. The Hall–Kier alpha value is -2.47. The third-order valence-corrected chi connectivity index (χ3v) is 5.50. The average Bonchev–Trinajstić information content (AvgIpc) is 3.21. The van der Waals surface area contributed by atoms with Crippen molar-refractivity contribution in [3.63, 3.8) is 0 Å². The minimum absolute atomic E-state index is 0.175. The van der Waals surface area contributed by atoms with Crippen molar-refractivity contribution in [1.82, 2.24) is 9.55 Å². The molecule has 0 N–H and O–H groups in total. The maximum atomic E-state index is 12.6. The number of hydrogen-bond donors (Lipinski definition) is 0. The molecular weight excluding hydrogens is 360 g/mol. The summed E-state index contributed by atoms with van der Waals surface area (Å²) in [5, 5.41) is 0. The third kappa shape index (κ3) is 4.27. The summed E-state index contributed by atoms with van der Waals surface area (Å²) in [7, 11) is 0. The molecule has 0 spiro atoms. The van der Waals surface area contributed by atoms with Gasteiger partial charge in [-0.25, -0.2) is 9.78 Å². The molecule has 142 valence electrons. The number of ether oxygens (including phenoxy) is 1. The van der Waals surface area contributed by atoms with Gasteiger partial charge >= 0.3 is 5.97 Å². The summed E-state index contributed by atoms with van der Waals surface area (Å²) in [5.74, 6) is -0.0689. The van der Waals surface area contributed by atoms with E-state index in [1.54, 1.807) is 23.7 Å². The van der Waals surface area contributed by atoms with Gasteiger partial charge in [0.25, 0.3) is 0 Å². The molecule has 0 saturated heterocycles. The van der Waals surface area contributed by atoms with Gasteiger partial charge in [0.1, 0.15) is 0 Å². The Morgan fingerprint density at radius 3 is 2.74 bits per heavy atom. The zero-order chi connectivity index (χ0) is 19.6. The molecule has 3 rings (SSSR count). The van der Waals surface area contributed by atoms with Crippen LogP contribution in [0.5, 0.6) is 0 Å². The molecule has 0 atom stereocenters. The summed E-state index contributed by atoms with van der Waals surface area (Å²) >= 11 is 1.46. The number of aromatic nitrogens is 2. The van der Waals surface area contributed by atoms with E-state index in [2.05, 4.69) is 23.4 Å². The summed E-state index contributed by atoms with van der Waals surface area (Å²) in [6, 6.07) is 7.09. The highest BCUT2D eigenvalue weighted by Gasteiger charge is 2.18. The molecule has 5 nitrogen and oxygen atoms in total. The van der Waals surface area contributed by atoms with E-state index in [4.69, 9.17) is 4.74 Å². The molecule has 1 aromatic carbocycles. The van der Waals surface area contributed by atoms with Crippen molar-refractivity contribution in [2.75, 3.05) is 6.61 Å². The Morgan fingerprint density at radius 1 is 1.22 bits per heavy atom. The normalized spacial score (nSPS) is 11.3. The van der Waals surface area contributed by atoms with Gasteiger partial charge < -0.3 is 9.30 Å². The molecule has 0 fully saturated rings. The van der Waals surface area contributed by atoms with Crippen molar-refractivity contribution in [3.8, 4) is 0 Å². The minimum Gasteiger partial charge on any atom is -0.454 e. The lowest BCUT2D eigenvalue weighted by Crippen LogP contribution is -2.15. The quantitative estimate of drug-likeness (QED) is 0.434. The predicted molar refractivity (Wildman–Crippen MR) is 108 cm³/mol. The Balaban J connectivity index is 1.66. The summed E-state index contributed by atoms with van der Waals surface area (Å²) in [5.41, 5.74) is 5.63. The lowest BCUT2D eigenvalue weighted by molar-refractivity contribution is 0.0474. The molecule has 0 aliphatic rings. The zero-order valence-electron chi connectivity index (χ0n) is 16.1. The molecule has 2 aromatic heterocycles. The van der Waals surface area contributed by atoms with E-state index >= 15 is 0 Å². The fraction of sp³-hybridized carbons (Fsp3) is 0.381. The number of Topliss-reactive ketones (excluding diaryl/α,β-unsaturated/α-hetero) is 1. The Kier molecular flexibility index (Phi) is 5.75. The zero-order valence-corrected chi connectivity index (χ0v) is 16.9. The Labute approximate surface area is 163 Å². The standard InChI is InChI=1S/C21H24N2O3S/c1-13(2)7-8-23-14(3)9-17(15(23)4)19(24)11-26-21(25)16-5-6-18-20(10-16)27-12-22-18/h5-6,9-10,12-13H,7-8,11H2,1-4H3. The van der Waals surface area contributed by atoms with Crippen LogP contribution in [-0.4, -0.2) is 27.9 Å². The number of carbonyl (C=O) groups excluding carboxylic acids is 2. The van der Waals surface area contributed by atoms with Crippen molar-refractivity contribution < 1.29 is 14.3 Å². The van der Waals surface area contributed by atoms with Crippen LogP contribution in [0, 0.1) is 19.8 Å². The topological polar surface area (TPSA) is 61.2 Å². The van der Waals surface area contributed by atoms with E-state index in [1.807, 2.05) is 19.9 Å². The van der Waals surface area contributed by atoms with Crippen LogP contribution in [0.3, 0.4) is 0 Å². The van der Waals surface area contributed by atoms with Crippen molar-refractivity contribution in [3.05, 3.63) is 52.3 Å². The second-order valence-corrected chi connectivity index (χ2v) is 8.04. The highest BCUT2D eigenvalue weighted by molar-refractivity contribution is 7.16. The molecule has 3 aromatic rings. The molecule has 0 unspecified atom stereocenters. The first kappa shape index (κ1) is 19.3. The number of hydrogen-bond acceptors (Lipinski definition) is 5. The second kappa shape index (κ2) is 8.05. The number of carbonyl (C=O) groups is 2. The summed E-state index contributed by atoms with van der Waals surface area (Å²) in [6.45, 7) is 8.94. The van der Waals surface area contributed by atoms with Crippen molar-refractivity contribution in [2.45, 2.75) is 40.7 Å². The van der Waals surface area contributed by atoms with Crippen LogP contribution < -0.4 is 0 Å². The molecule has 0 aliphatic carbocycles. The van der Waals surface area contributed by atoms with Gasteiger partial charge in [-0.05, 0) is 50.5 Å². The number of aryl methyl sites for hydroxylation is 1. The molecule has 0 aliphatic heterocycles. The van der Waals surface area contributed by atoms with Crippen LogP contribution in [0.25, 0.3) is 10.2 Å². The molecule has 0 saturated carbocycles. The van der Waals surface area contributed by atoms with Crippen LogP contribution in [-0.2, 0) is 11.3 Å². The van der Waals surface area contributed by atoms with Crippen molar-refractivity contribution in [2.24, 2.45) is 5.92 Å². The predicted octanol–water partition coefficient (Wildman–Crippen LogP) is 4.80. The second-order valence-electron chi connectivity index (χ2n) is 7.15. The largest absolute Gasteiger partial charge is 0.454 e.